The molecule has 1 aliphatic heterocycles. The van der Waals surface area contributed by atoms with Crippen molar-refractivity contribution in [2.24, 2.45) is 0 Å². The van der Waals surface area contributed by atoms with Crippen LogP contribution in [0.5, 0.6) is 0 Å². The largest absolute Gasteiger partial charge is 0.478 e. The van der Waals surface area contributed by atoms with Crippen molar-refractivity contribution in [3.8, 4) is 0 Å². The van der Waals surface area contributed by atoms with Crippen LogP contribution < -0.4 is 5.32 Å². The molecule has 1 atom stereocenters. The molecule has 0 radical (unpaired) electrons. The van der Waals surface area contributed by atoms with Gasteiger partial charge in [-0.25, -0.2) is 9.59 Å². The molecule has 3 amide bonds. The summed E-state index contributed by atoms with van der Waals surface area (Å²) in [5.74, 6) is -1.83. The average molecular weight is 283 g/mol. The monoisotopic (exact) mass is 283 g/mol. The highest BCUT2D eigenvalue weighted by Crippen LogP contribution is 2.08. The topological polar surface area (TPSA) is 89.9 Å². The van der Waals surface area contributed by atoms with Crippen LogP contribution in [0.15, 0.2) is 11.1 Å². The first kappa shape index (κ1) is 16.2. The van der Waals surface area contributed by atoms with Gasteiger partial charge in [0.1, 0.15) is 0 Å². The number of nitrogens with one attached hydrogen (secondary N) is 1. The molecule has 20 heavy (non-hydrogen) atoms. The molecule has 112 valence electrons. The van der Waals surface area contributed by atoms with Crippen molar-refractivity contribution in [1.29, 1.82) is 0 Å². The van der Waals surface area contributed by atoms with Crippen molar-refractivity contribution in [3.63, 3.8) is 0 Å². The first-order chi connectivity index (χ1) is 9.23. The second-order valence-corrected chi connectivity index (χ2v) is 5.09. The maximum Gasteiger partial charge on any atom is 0.331 e. The van der Waals surface area contributed by atoms with E-state index < -0.39 is 17.9 Å². The second-order valence-electron chi connectivity index (χ2n) is 5.09. The summed E-state index contributed by atoms with van der Waals surface area (Å²) in [6, 6.07) is -0.255. The summed E-state index contributed by atoms with van der Waals surface area (Å²) in [5.41, 5.74) is -0.0323. The molecule has 0 aromatic rings. The molecule has 0 bridgehead atoms. The minimum atomic E-state index is -1.17. The van der Waals surface area contributed by atoms with E-state index in [-0.39, 0.29) is 17.2 Å². The zero-order valence-corrected chi connectivity index (χ0v) is 12.3. The molecule has 1 saturated heterocycles. The number of carboxylic acid groups (broad SMARTS) is 1. The summed E-state index contributed by atoms with van der Waals surface area (Å²) < 4.78 is 0. The summed E-state index contributed by atoms with van der Waals surface area (Å²) in [5, 5.41) is 11.0. The summed E-state index contributed by atoms with van der Waals surface area (Å²) in [4.78, 5) is 38.2. The lowest BCUT2D eigenvalue weighted by Crippen LogP contribution is -2.55. The van der Waals surface area contributed by atoms with Gasteiger partial charge in [0.15, 0.2) is 0 Å². The number of carboxylic acids is 1. The lowest BCUT2D eigenvalue weighted by atomic mass is 10.1. The number of aliphatic carboxylic acids is 1. The van der Waals surface area contributed by atoms with E-state index in [0.717, 1.165) is 6.54 Å². The smallest absolute Gasteiger partial charge is 0.331 e. The van der Waals surface area contributed by atoms with Gasteiger partial charge in [-0.2, -0.15) is 0 Å². The quantitative estimate of drug-likeness (QED) is 0.710. The summed E-state index contributed by atoms with van der Waals surface area (Å²) in [7, 11) is 1.98. The number of hydrogen-bond acceptors (Lipinski definition) is 4. The fourth-order valence-corrected chi connectivity index (χ4v) is 1.83. The average Bonchev–Trinajstić information content (AvgIpc) is 2.39. The summed E-state index contributed by atoms with van der Waals surface area (Å²) >= 11 is 0. The minimum absolute atomic E-state index is 0.0352. The Kier molecular flexibility index (Phi) is 5.26. The molecule has 0 aromatic carbocycles. The molecule has 0 saturated carbocycles. The molecule has 0 aromatic heterocycles. The third-order valence-corrected chi connectivity index (χ3v) is 3.69. The Morgan fingerprint density at radius 3 is 2.25 bits per heavy atom. The van der Waals surface area contributed by atoms with Gasteiger partial charge in [0.25, 0.3) is 5.91 Å². The van der Waals surface area contributed by atoms with Crippen LogP contribution in [-0.2, 0) is 9.59 Å². The van der Waals surface area contributed by atoms with Crippen LogP contribution in [0.2, 0.25) is 0 Å². The van der Waals surface area contributed by atoms with Gasteiger partial charge in [-0.3, -0.25) is 10.1 Å². The fourth-order valence-electron chi connectivity index (χ4n) is 1.83. The molecular formula is C13H21N3O4. The normalized spacial score (nSPS) is 21.2. The summed E-state index contributed by atoms with van der Waals surface area (Å²) in [6.07, 6.45) is 0. The van der Waals surface area contributed by atoms with Gasteiger partial charge in [-0.15, -0.1) is 0 Å². The SMILES string of the molecule is CC(C(=O)O)=C(C)C(=O)NC(=O)N1CCN(C)C(C)C1. The van der Waals surface area contributed by atoms with Crippen LogP contribution >= 0.6 is 0 Å². The highest BCUT2D eigenvalue weighted by Gasteiger charge is 2.26. The molecule has 7 nitrogen and oxygen atoms in total. The highest BCUT2D eigenvalue weighted by atomic mass is 16.4. The lowest BCUT2D eigenvalue weighted by Gasteiger charge is -2.37. The standard InChI is InChI=1S/C13H21N3O4/c1-8-7-16(6-5-15(8)4)13(20)14-11(17)9(2)10(3)12(18)19/h8H,5-7H2,1-4H3,(H,18,19)(H,14,17,20). The number of carbonyl (C=O) groups is 3. The van der Waals surface area contributed by atoms with Crippen LogP contribution in [0.25, 0.3) is 0 Å². The number of imide groups is 1. The molecule has 1 heterocycles. The van der Waals surface area contributed by atoms with Gasteiger partial charge in [-0.05, 0) is 27.8 Å². The molecular weight excluding hydrogens is 262 g/mol. The van der Waals surface area contributed by atoms with Crippen LogP contribution in [0.4, 0.5) is 4.79 Å². The van der Waals surface area contributed by atoms with Gasteiger partial charge in [0.05, 0.1) is 0 Å². The molecule has 7 heteroatoms. The highest BCUT2D eigenvalue weighted by molar-refractivity contribution is 6.07. The van der Waals surface area contributed by atoms with E-state index in [0.29, 0.717) is 13.1 Å². The van der Waals surface area contributed by atoms with Crippen molar-refractivity contribution in [3.05, 3.63) is 11.1 Å². The molecule has 1 fully saturated rings. The van der Waals surface area contributed by atoms with Crippen molar-refractivity contribution >= 4 is 17.9 Å². The van der Waals surface area contributed by atoms with E-state index in [2.05, 4.69) is 10.2 Å². The number of hydrogen-bond donors (Lipinski definition) is 2. The minimum Gasteiger partial charge on any atom is -0.478 e. The van der Waals surface area contributed by atoms with Crippen molar-refractivity contribution in [1.82, 2.24) is 15.1 Å². The Morgan fingerprint density at radius 1 is 1.15 bits per heavy atom. The Morgan fingerprint density at radius 2 is 1.75 bits per heavy atom. The fraction of sp³-hybridized carbons (Fsp3) is 0.615. The van der Waals surface area contributed by atoms with Crippen molar-refractivity contribution in [2.45, 2.75) is 26.8 Å². The van der Waals surface area contributed by atoms with Crippen molar-refractivity contribution < 1.29 is 19.5 Å². The van der Waals surface area contributed by atoms with Gasteiger partial charge in [0.2, 0.25) is 0 Å². The van der Waals surface area contributed by atoms with E-state index >= 15 is 0 Å². The van der Waals surface area contributed by atoms with E-state index in [1.54, 1.807) is 4.90 Å². The van der Waals surface area contributed by atoms with Gasteiger partial charge in [-0.1, -0.05) is 0 Å². The number of urea groups is 1. The molecule has 1 rings (SSSR count). The van der Waals surface area contributed by atoms with Gasteiger partial charge >= 0.3 is 12.0 Å². The number of likely N-dealkylation sites (N-methyl/N-ethyl adjacent to an activating group) is 1. The molecule has 1 aliphatic rings. The first-order valence-corrected chi connectivity index (χ1v) is 6.45. The van der Waals surface area contributed by atoms with Crippen molar-refractivity contribution in [2.75, 3.05) is 26.7 Å². The third-order valence-electron chi connectivity index (χ3n) is 3.69. The zero-order valence-electron chi connectivity index (χ0n) is 12.3. The zero-order chi connectivity index (χ0) is 15.4. The Bertz CT molecular complexity index is 459. The predicted octanol–water partition coefficient (Wildman–Crippen LogP) is 0.280. The molecule has 0 aliphatic carbocycles. The maximum absolute atomic E-state index is 12.0. The molecule has 1 unspecified atom stereocenters. The predicted molar refractivity (Wildman–Crippen MR) is 73.2 cm³/mol. The van der Waals surface area contributed by atoms with Gasteiger partial charge in [0, 0.05) is 36.8 Å². The van der Waals surface area contributed by atoms with Crippen LogP contribution in [-0.4, -0.2) is 65.5 Å². The first-order valence-electron chi connectivity index (χ1n) is 6.45. The van der Waals surface area contributed by atoms with E-state index in [4.69, 9.17) is 5.11 Å². The number of rotatable bonds is 2. The number of nitrogens with zero attached hydrogens (tertiary/aromatic N) is 2. The van der Waals surface area contributed by atoms with E-state index in [1.807, 2.05) is 14.0 Å². The van der Waals surface area contributed by atoms with Crippen LogP contribution in [0.3, 0.4) is 0 Å². The molecule has 2 N–H and O–H groups in total. The molecule has 0 spiro atoms. The van der Waals surface area contributed by atoms with Gasteiger partial charge < -0.3 is 14.9 Å². The van der Waals surface area contributed by atoms with E-state index in [1.165, 1.54) is 13.8 Å². The van der Waals surface area contributed by atoms with Crippen LogP contribution in [0, 0.1) is 0 Å². The Balaban J connectivity index is 2.65. The van der Waals surface area contributed by atoms with Crippen LogP contribution in [0.1, 0.15) is 20.8 Å². The summed E-state index contributed by atoms with van der Waals surface area (Å²) in [6.45, 7) is 6.54. The Hall–Kier alpha value is -1.89. The lowest BCUT2D eigenvalue weighted by molar-refractivity contribution is -0.133. The Labute approximate surface area is 118 Å². The number of carbonyl (C=O) groups excluding carboxylic acids is 2. The van der Waals surface area contributed by atoms with E-state index in [9.17, 15) is 14.4 Å². The maximum atomic E-state index is 12.0. The third kappa shape index (κ3) is 3.80. The number of piperazine rings is 1. The number of amides is 3. The second kappa shape index (κ2) is 6.51.